The lowest BCUT2D eigenvalue weighted by Crippen LogP contribution is -2.13. The predicted molar refractivity (Wildman–Crippen MR) is 78.9 cm³/mol. The van der Waals surface area contributed by atoms with Crippen molar-refractivity contribution < 1.29 is 0 Å². The highest BCUT2D eigenvalue weighted by Crippen LogP contribution is 2.30. The Morgan fingerprint density at radius 3 is 2.61 bits per heavy atom. The Kier molecular flexibility index (Phi) is 3.76. The molecule has 1 unspecified atom stereocenters. The molecule has 0 saturated carbocycles. The van der Waals surface area contributed by atoms with E-state index in [1.807, 2.05) is 24.0 Å². The molecule has 0 aliphatic rings. The Morgan fingerprint density at radius 1 is 1.33 bits per heavy atom. The van der Waals surface area contributed by atoms with Crippen LogP contribution in [-0.4, -0.2) is 9.55 Å². The van der Waals surface area contributed by atoms with E-state index in [1.54, 1.807) is 0 Å². The maximum Gasteiger partial charge on any atom is 0.130 e. The van der Waals surface area contributed by atoms with Crippen molar-refractivity contribution in [3.8, 4) is 0 Å². The second-order valence-corrected chi connectivity index (χ2v) is 5.56. The lowest BCUT2D eigenvalue weighted by molar-refractivity contribution is 0.720. The van der Waals surface area contributed by atoms with Crippen molar-refractivity contribution in [1.29, 1.82) is 0 Å². The molecule has 3 nitrogen and oxygen atoms in total. The van der Waals surface area contributed by atoms with E-state index in [4.69, 9.17) is 0 Å². The number of aromatic nitrogens is 2. The first-order valence-electron chi connectivity index (χ1n) is 5.99. The predicted octanol–water partition coefficient (Wildman–Crippen LogP) is 3.97. The molecule has 1 heterocycles. The van der Waals surface area contributed by atoms with E-state index in [0.717, 1.165) is 16.0 Å². The molecule has 1 aromatic carbocycles. The van der Waals surface area contributed by atoms with Crippen LogP contribution in [-0.2, 0) is 7.05 Å². The van der Waals surface area contributed by atoms with Crippen LogP contribution < -0.4 is 5.32 Å². The van der Waals surface area contributed by atoms with Gasteiger partial charge in [0.15, 0.2) is 0 Å². The number of aryl methyl sites for hydroxylation is 3. The quantitative estimate of drug-likeness (QED) is 0.929. The van der Waals surface area contributed by atoms with Gasteiger partial charge in [0.1, 0.15) is 5.82 Å². The standard InChI is InChI=1S/C14H18BrN3/c1-9-7-10(2)13(12(15)8-9)17-11(3)14-16-5-6-18(14)4/h5-8,11,17H,1-4H3. The minimum atomic E-state index is 0.169. The number of imidazole rings is 1. The zero-order valence-electron chi connectivity index (χ0n) is 11.2. The summed E-state index contributed by atoms with van der Waals surface area (Å²) in [5, 5.41) is 3.52. The van der Waals surface area contributed by atoms with Gasteiger partial charge in [-0.15, -0.1) is 0 Å². The molecule has 0 bridgehead atoms. The number of nitrogens with one attached hydrogen (secondary N) is 1. The van der Waals surface area contributed by atoms with Crippen molar-refractivity contribution in [1.82, 2.24) is 9.55 Å². The molecule has 1 N–H and O–H groups in total. The number of benzene rings is 1. The fourth-order valence-corrected chi connectivity index (χ4v) is 2.96. The van der Waals surface area contributed by atoms with Crippen molar-refractivity contribution in [2.75, 3.05) is 5.32 Å². The second kappa shape index (κ2) is 5.14. The zero-order valence-corrected chi connectivity index (χ0v) is 12.7. The van der Waals surface area contributed by atoms with E-state index in [1.165, 1.54) is 11.1 Å². The maximum atomic E-state index is 4.37. The summed E-state index contributed by atoms with van der Waals surface area (Å²) < 4.78 is 3.14. The molecule has 0 radical (unpaired) electrons. The van der Waals surface area contributed by atoms with E-state index in [2.05, 4.69) is 59.1 Å². The molecule has 0 amide bonds. The average molecular weight is 308 g/mol. The zero-order chi connectivity index (χ0) is 13.3. The number of nitrogens with zero attached hydrogens (tertiary/aromatic N) is 2. The summed E-state index contributed by atoms with van der Waals surface area (Å²) >= 11 is 3.62. The summed E-state index contributed by atoms with van der Waals surface area (Å²) in [4.78, 5) is 4.37. The minimum Gasteiger partial charge on any atom is -0.374 e. The fourth-order valence-electron chi connectivity index (χ4n) is 2.17. The van der Waals surface area contributed by atoms with E-state index in [-0.39, 0.29) is 6.04 Å². The Morgan fingerprint density at radius 2 is 2.06 bits per heavy atom. The number of halogens is 1. The summed E-state index contributed by atoms with van der Waals surface area (Å²) in [5.74, 6) is 1.03. The van der Waals surface area contributed by atoms with Crippen LogP contribution in [0.2, 0.25) is 0 Å². The largest absolute Gasteiger partial charge is 0.374 e. The van der Waals surface area contributed by atoms with Crippen LogP contribution in [0.5, 0.6) is 0 Å². The van der Waals surface area contributed by atoms with Gasteiger partial charge in [-0.1, -0.05) is 6.07 Å². The molecule has 96 valence electrons. The van der Waals surface area contributed by atoms with Crippen LogP contribution in [0.1, 0.15) is 29.9 Å². The molecule has 1 aromatic heterocycles. The van der Waals surface area contributed by atoms with Gasteiger partial charge in [-0.2, -0.15) is 0 Å². The van der Waals surface area contributed by atoms with Gasteiger partial charge in [-0.05, 0) is 53.9 Å². The minimum absolute atomic E-state index is 0.169. The van der Waals surface area contributed by atoms with Crippen molar-refractivity contribution >= 4 is 21.6 Å². The number of hydrogen-bond acceptors (Lipinski definition) is 2. The lowest BCUT2D eigenvalue weighted by Gasteiger charge is -2.18. The first-order chi connectivity index (χ1) is 8.49. The Balaban J connectivity index is 2.27. The molecular weight excluding hydrogens is 290 g/mol. The Labute approximate surface area is 116 Å². The third kappa shape index (κ3) is 2.58. The highest BCUT2D eigenvalue weighted by atomic mass is 79.9. The Hall–Kier alpha value is -1.29. The molecule has 18 heavy (non-hydrogen) atoms. The van der Waals surface area contributed by atoms with E-state index < -0.39 is 0 Å². The summed E-state index contributed by atoms with van der Waals surface area (Å²) in [7, 11) is 2.01. The van der Waals surface area contributed by atoms with Crippen LogP contribution >= 0.6 is 15.9 Å². The lowest BCUT2D eigenvalue weighted by atomic mass is 10.1. The third-order valence-electron chi connectivity index (χ3n) is 3.04. The summed E-state index contributed by atoms with van der Waals surface area (Å²) in [6, 6.07) is 4.47. The number of hydrogen-bond donors (Lipinski definition) is 1. The van der Waals surface area contributed by atoms with Gasteiger partial charge >= 0.3 is 0 Å². The van der Waals surface area contributed by atoms with E-state index in [9.17, 15) is 0 Å². The van der Waals surface area contributed by atoms with Crippen molar-refractivity contribution in [2.45, 2.75) is 26.8 Å². The van der Waals surface area contributed by atoms with Crippen LogP contribution in [0.15, 0.2) is 29.0 Å². The molecular formula is C14H18BrN3. The van der Waals surface area contributed by atoms with Crippen molar-refractivity contribution in [2.24, 2.45) is 7.05 Å². The first-order valence-corrected chi connectivity index (χ1v) is 6.79. The highest BCUT2D eigenvalue weighted by molar-refractivity contribution is 9.10. The third-order valence-corrected chi connectivity index (χ3v) is 3.66. The SMILES string of the molecule is Cc1cc(C)c(NC(C)c2nccn2C)c(Br)c1. The fraction of sp³-hybridized carbons (Fsp3) is 0.357. The van der Waals surface area contributed by atoms with E-state index in [0.29, 0.717) is 0 Å². The molecule has 0 saturated heterocycles. The highest BCUT2D eigenvalue weighted by Gasteiger charge is 2.13. The average Bonchev–Trinajstić information content (AvgIpc) is 2.69. The molecule has 2 aromatic rings. The summed E-state index contributed by atoms with van der Waals surface area (Å²) in [6.45, 7) is 6.34. The molecule has 1 atom stereocenters. The molecule has 0 aliphatic heterocycles. The molecule has 0 spiro atoms. The summed E-state index contributed by atoms with van der Waals surface area (Å²) in [6.07, 6.45) is 3.79. The molecule has 2 rings (SSSR count). The number of rotatable bonds is 3. The Bertz CT molecular complexity index is 537. The second-order valence-electron chi connectivity index (χ2n) is 4.70. The van der Waals surface area contributed by atoms with Gasteiger partial charge in [-0.25, -0.2) is 4.98 Å². The van der Waals surface area contributed by atoms with Gasteiger partial charge in [0.2, 0.25) is 0 Å². The molecule has 4 heteroatoms. The first kappa shape index (κ1) is 13.1. The van der Waals surface area contributed by atoms with E-state index >= 15 is 0 Å². The van der Waals surface area contributed by atoms with Gasteiger partial charge in [0.05, 0.1) is 11.7 Å². The number of anilines is 1. The maximum absolute atomic E-state index is 4.37. The molecule has 0 aliphatic carbocycles. The van der Waals surface area contributed by atoms with Crippen LogP contribution in [0.25, 0.3) is 0 Å². The topological polar surface area (TPSA) is 29.9 Å². The molecule has 0 fully saturated rings. The van der Waals surface area contributed by atoms with Crippen molar-refractivity contribution in [3.63, 3.8) is 0 Å². The van der Waals surface area contributed by atoms with Crippen LogP contribution in [0.3, 0.4) is 0 Å². The van der Waals surface area contributed by atoms with Gasteiger partial charge in [-0.3, -0.25) is 0 Å². The smallest absolute Gasteiger partial charge is 0.130 e. The van der Waals surface area contributed by atoms with Gasteiger partial charge in [0.25, 0.3) is 0 Å². The monoisotopic (exact) mass is 307 g/mol. The van der Waals surface area contributed by atoms with Crippen molar-refractivity contribution in [3.05, 3.63) is 46.0 Å². The van der Waals surface area contributed by atoms with Gasteiger partial charge in [0, 0.05) is 23.9 Å². The van der Waals surface area contributed by atoms with Gasteiger partial charge < -0.3 is 9.88 Å². The van der Waals surface area contributed by atoms with Crippen LogP contribution in [0, 0.1) is 13.8 Å². The normalized spacial score (nSPS) is 12.5. The summed E-state index contributed by atoms with van der Waals surface area (Å²) in [5.41, 5.74) is 3.63. The van der Waals surface area contributed by atoms with Crippen LogP contribution in [0.4, 0.5) is 5.69 Å².